The number of rotatable bonds is 6. The number of benzene rings is 1. The lowest BCUT2D eigenvalue weighted by molar-refractivity contribution is -0.120. The fourth-order valence-electron chi connectivity index (χ4n) is 1.55. The Morgan fingerprint density at radius 2 is 2.00 bits per heavy atom. The molecule has 0 fully saturated rings. The zero-order valence-electron chi connectivity index (χ0n) is 11.4. The normalized spacial score (nSPS) is 10.3. The summed E-state index contributed by atoms with van der Waals surface area (Å²) in [6.07, 6.45) is 0.319. The predicted octanol–water partition coefficient (Wildman–Crippen LogP) is 2.02. The van der Waals surface area contributed by atoms with Crippen molar-refractivity contribution < 1.29 is 14.3 Å². The van der Waals surface area contributed by atoms with Gasteiger partial charge in [-0.3, -0.25) is 4.79 Å². The SMILES string of the molecule is COc1ccc(CC(=O)NCC(C)C)c(OC)c1. The molecular formula is C14H21NO3. The molecule has 1 aromatic rings. The van der Waals surface area contributed by atoms with E-state index in [1.165, 1.54) is 0 Å². The van der Waals surface area contributed by atoms with E-state index in [1.807, 2.05) is 12.1 Å². The minimum atomic E-state index is 0.00664. The monoisotopic (exact) mass is 251 g/mol. The van der Waals surface area contributed by atoms with E-state index in [0.29, 0.717) is 24.6 Å². The third-order valence-electron chi connectivity index (χ3n) is 2.55. The molecular weight excluding hydrogens is 230 g/mol. The summed E-state index contributed by atoms with van der Waals surface area (Å²) in [4.78, 5) is 11.7. The third kappa shape index (κ3) is 4.28. The number of carbonyl (C=O) groups excluding carboxylic acids is 1. The van der Waals surface area contributed by atoms with E-state index in [9.17, 15) is 4.79 Å². The van der Waals surface area contributed by atoms with Crippen LogP contribution in [0.4, 0.5) is 0 Å². The van der Waals surface area contributed by atoms with E-state index in [0.717, 1.165) is 11.3 Å². The number of hydrogen-bond donors (Lipinski definition) is 1. The molecule has 1 aromatic carbocycles. The quantitative estimate of drug-likeness (QED) is 0.841. The van der Waals surface area contributed by atoms with Gasteiger partial charge in [0.15, 0.2) is 0 Å². The van der Waals surface area contributed by atoms with Gasteiger partial charge in [-0.1, -0.05) is 19.9 Å². The van der Waals surface area contributed by atoms with Gasteiger partial charge >= 0.3 is 0 Å². The fraction of sp³-hybridized carbons (Fsp3) is 0.500. The number of amides is 1. The second-order valence-electron chi connectivity index (χ2n) is 4.55. The predicted molar refractivity (Wildman–Crippen MR) is 71.1 cm³/mol. The molecule has 0 saturated carbocycles. The summed E-state index contributed by atoms with van der Waals surface area (Å²) >= 11 is 0. The fourth-order valence-corrected chi connectivity index (χ4v) is 1.55. The van der Waals surface area contributed by atoms with Crippen molar-refractivity contribution >= 4 is 5.91 Å². The molecule has 0 aliphatic rings. The van der Waals surface area contributed by atoms with Crippen LogP contribution in [0, 0.1) is 5.92 Å². The first-order valence-corrected chi connectivity index (χ1v) is 6.04. The van der Waals surface area contributed by atoms with Gasteiger partial charge in [0.25, 0.3) is 0 Å². The highest BCUT2D eigenvalue weighted by Gasteiger charge is 2.10. The molecule has 0 saturated heterocycles. The van der Waals surface area contributed by atoms with E-state index >= 15 is 0 Å². The highest BCUT2D eigenvalue weighted by molar-refractivity contribution is 5.79. The van der Waals surface area contributed by atoms with Crippen LogP contribution in [0.1, 0.15) is 19.4 Å². The van der Waals surface area contributed by atoms with Gasteiger partial charge in [0.1, 0.15) is 11.5 Å². The first-order valence-electron chi connectivity index (χ1n) is 6.04. The van der Waals surface area contributed by atoms with Gasteiger partial charge in [-0.15, -0.1) is 0 Å². The van der Waals surface area contributed by atoms with E-state index in [-0.39, 0.29) is 5.91 Å². The van der Waals surface area contributed by atoms with Crippen molar-refractivity contribution in [2.24, 2.45) is 5.92 Å². The van der Waals surface area contributed by atoms with Gasteiger partial charge in [-0.05, 0) is 12.0 Å². The Labute approximate surface area is 108 Å². The molecule has 0 radical (unpaired) electrons. The Morgan fingerprint density at radius 3 is 2.56 bits per heavy atom. The van der Waals surface area contributed by atoms with Crippen LogP contribution in [0.15, 0.2) is 18.2 Å². The molecule has 100 valence electrons. The van der Waals surface area contributed by atoms with E-state index < -0.39 is 0 Å². The molecule has 4 heteroatoms. The molecule has 4 nitrogen and oxygen atoms in total. The third-order valence-corrected chi connectivity index (χ3v) is 2.55. The Morgan fingerprint density at radius 1 is 1.28 bits per heavy atom. The van der Waals surface area contributed by atoms with Gasteiger partial charge in [0, 0.05) is 18.2 Å². The zero-order chi connectivity index (χ0) is 13.5. The van der Waals surface area contributed by atoms with Crippen LogP contribution in [0.2, 0.25) is 0 Å². The molecule has 18 heavy (non-hydrogen) atoms. The van der Waals surface area contributed by atoms with E-state index in [2.05, 4.69) is 19.2 Å². The van der Waals surface area contributed by atoms with Crippen LogP contribution in [-0.4, -0.2) is 26.7 Å². The van der Waals surface area contributed by atoms with Gasteiger partial charge in [0.2, 0.25) is 5.91 Å². The lowest BCUT2D eigenvalue weighted by Gasteiger charge is -2.11. The molecule has 0 aromatic heterocycles. The lowest BCUT2D eigenvalue weighted by Crippen LogP contribution is -2.28. The van der Waals surface area contributed by atoms with Crippen LogP contribution < -0.4 is 14.8 Å². The van der Waals surface area contributed by atoms with Crippen LogP contribution in [0.3, 0.4) is 0 Å². The second-order valence-corrected chi connectivity index (χ2v) is 4.55. The van der Waals surface area contributed by atoms with Crippen LogP contribution in [0.5, 0.6) is 11.5 Å². The van der Waals surface area contributed by atoms with Crippen LogP contribution in [0.25, 0.3) is 0 Å². The molecule has 0 bridgehead atoms. The molecule has 0 heterocycles. The Balaban J connectivity index is 2.68. The summed E-state index contributed by atoms with van der Waals surface area (Å²) in [7, 11) is 3.19. The highest BCUT2D eigenvalue weighted by atomic mass is 16.5. The van der Waals surface area contributed by atoms with Crippen molar-refractivity contribution in [2.75, 3.05) is 20.8 Å². The van der Waals surface area contributed by atoms with Crippen molar-refractivity contribution in [3.63, 3.8) is 0 Å². The largest absolute Gasteiger partial charge is 0.497 e. The summed E-state index contributed by atoms with van der Waals surface area (Å²) in [5, 5.41) is 2.88. The van der Waals surface area contributed by atoms with Gasteiger partial charge < -0.3 is 14.8 Å². The Bertz CT molecular complexity index is 402. The van der Waals surface area contributed by atoms with Crippen molar-refractivity contribution in [2.45, 2.75) is 20.3 Å². The summed E-state index contributed by atoms with van der Waals surface area (Å²) in [6, 6.07) is 5.46. The van der Waals surface area contributed by atoms with Gasteiger partial charge in [-0.25, -0.2) is 0 Å². The molecule has 1 N–H and O–H groups in total. The second kappa shape index (κ2) is 6.89. The average molecular weight is 251 g/mol. The van der Waals surface area contributed by atoms with Crippen molar-refractivity contribution in [3.05, 3.63) is 23.8 Å². The van der Waals surface area contributed by atoms with Crippen molar-refractivity contribution in [1.29, 1.82) is 0 Å². The zero-order valence-corrected chi connectivity index (χ0v) is 11.4. The van der Waals surface area contributed by atoms with Gasteiger partial charge in [-0.2, -0.15) is 0 Å². The summed E-state index contributed by atoms with van der Waals surface area (Å²) in [6.45, 7) is 4.82. The summed E-state index contributed by atoms with van der Waals surface area (Å²) in [5.41, 5.74) is 0.861. The van der Waals surface area contributed by atoms with Crippen LogP contribution in [-0.2, 0) is 11.2 Å². The summed E-state index contributed by atoms with van der Waals surface area (Å²) < 4.78 is 10.4. The highest BCUT2D eigenvalue weighted by Crippen LogP contribution is 2.24. The molecule has 1 amide bonds. The first kappa shape index (κ1) is 14.4. The average Bonchev–Trinajstić information content (AvgIpc) is 2.36. The van der Waals surface area contributed by atoms with Gasteiger partial charge in [0.05, 0.1) is 20.6 Å². The standard InChI is InChI=1S/C14H21NO3/c1-10(2)9-15-14(16)7-11-5-6-12(17-3)8-13(11)18-4/h5-6,8,10H,7,9H2,1-4H3,(H,15,16). The maximum absolute atomic E-state index is 11.7. The number of methoxy groups -OCH3 is 2. The Hall–Kier alpha value is -1.71. The molecule has 0 atom stereocenters. The number of ether oxygens (including phenoxy) is 2. The maximum Gasteiger partial charge on any atom is 0.224 e. The Kier molecular flexibility index (Phi) is 5.49. The molecule has 0 unspecified atom stereocenters. The van der Waals surface area contributed by atoms with Crippen molar-refractivity contribution in [1.82, 2.24) is 5.32 Å². The van der Waals surface area contributed by atoms with Crippen molar-refractivity contribution in [3.8, 4) is 11.5 Å². The lowest BCUT2D eigenvalue weighted by atomic mass is 10.1. The molecule has 1 rings (SSSR count). The smallest absolute Gasteiger partial charge is 0.224 e. The minimum absolute atomic E-state index is 0.00664. The minimum Gasteiger partial charge on any atom is -0.497 e. The summed E-state index contributed by atoms with van der Waals surface area (Å²) in [5.74, 6) is 1.85. The number of hydrogen-bond acceptors (Lipinski definition) is 3. The molecule has 0 aliphatic carbocycles. The molecule has 0 spiro atoms. The topological polar surface area (TPSA) is 47.6 Å². The number of carbonyl (C=O) groups is 1. The molecule has 0 aliphatic heterocycles. The maximum atomic E-state index is 11.7. The van der Waals surface area contributed by atoms with Crippen LogP contribution >= 0.6 is 0 Å². The van der Waals surface area contributed by atoms with E-state index in [1.54, 1.807) is 20.3 Å². The first-order chi connectivity index (χ1) is 8.56. The number of nitrogens with one attached hydrogen (secondary N) is 1. The van der Waals surface area contributed by atoms with E-state index in [4.69, 9.17) is 9.47 Å².